The molecule has 0 heterocycles. The number of methoxy groups -OCH3 is 1. The molecule has 132 valence electrons. The zero-order chi connectivity index (χ0) is 18.2. The molecule has 2 aromatic carbocycles. The van der Waals surface area contributed by atoms with Gasteiger partial charge >= 0.3 is 5.97 Å². The number of ether oxygens (including phenoxy) is 3. The Morgan fingerprint density at radius 3 is 2.52 bits per heavy atom. The predicted octanol–water partition coefficient (Wildman–Crippen LogP) is 4.12. The van der Waals surface area contributed by atoms with Gasteiger partial charge in [-0.15, -0.1) is 0 Å². The van der Waals surface area contributed by atoms with Gasteiger partial charge in [-0.1, -0.05) is 30.3 Å². The van der Waals surface area contributed by atoms with Crippen molar-refractivity contribution in [3.05, 3.63) is 65.9 Å². The second-order valence-corrected chi connectivity index (χ2v) is 5.66. The minimum atomic E-state index is -1.05. The summed E-state index contributed by atoms with van der Waals surface area (Å²) in [6, 6.07) is 14.5. The summed E-state index contributed by atoms with van der Waals surface area (Å²) < 4.78 is 16.4. The highest BCUT2D eigenvalue weighted by Gasteiger charge is 2.15. The van der Waals surface area contributed by atoms with Gasteiger partial charge in [-0.25, -0.2) is 4.79 Å². The van der Waals surface area contributed by atoms with Gasteiger partial charge in [-0.05, 0) is 37.1 Å². The molecule has 0 aliphatic carbocycles. The van der Waals surface area contributed by atoms with Crippen LogP contribution in [0.25, 0.3) is 5.57 Å². The van der Waals surface area contributed by atoms with Crippen LogP contribution in [0.2, 0.25) is 0 Å². The van der Waals surface area contributed by atoms with E-state index in [9.17, 15) is 9.90 Å². The lowest BCUT2D eigenvalue weighted by atomic mass is 10.0. The van der Waals surface area contributed by atoms with E-state index in [1.807, 2.05) is 50.2 Å². The third kappa shape index (κ3) is 5.28. The van der Waals surface area contributed by atoms with Crippen molar-refractivity contribution in [3.8, 4) is 11.5 Å². The first-order chi connectivity index (χ1) is 12.0. The van der Waals surface area contributed by atoms with Crippen LogP contribution in [0.15, 0.2) is 54.8 Å². The minimum absolute atomic E-state index is 0.0771. The van der Waals surface area contributed by atoms with Crippen LogP contribution in [-0.4, -0.2) is 24.3 Å². The molecule has 2 aromatic rings. The van der Waals surface area contributed by atoms with Crippen molar-refractivity contribution in [2.45, 2.75) is 26.6 Å². The van der Waals surface area contributed by atoms with Crippen molar-refractivity contribution in [2.24, 2.45) is 0 Å². The molecule has 0 aliphatic heterocycles. The van der Waals surface area contributed by atoms with Gasteiger partial charge in [0.05, 0.1) is 19.5 Å². The van der Waals surface area contributed by atoms with Crippen LogP contribution in [0.3, 0.4) is 0 Å². The average Bonchev–Trinajstić information content (AvgIpc) is 2.58. The molecule has 2 rings (SSSR count). The number of benzene rings is 2. The van der Waals surface area contributed by atoms with E-state index < -0.39 is 5.97 Å². The van der Waals surface area contributed by atoms with Crippen molar-refractivity contribution < 1.29 is 24.1 Å². The van der Waals surface area contributed by atoms with Crippen LogP contribution in [0.5, 0.6) is 11.5 Å². The lowest BCUT2D eigenvalue weighted by Gasteiger charge is -2.13. The molecule has 1 N–H and O–H groups in total. The Morgan fingerprint density at radius 2 is 1.84 bits per heavy atom. The minimum Gasteiger partial charge on any atom is -0.503 e. The molecule has 0 saturated carbocycles. The fraction of sp³-hybridized carbons (Fsp3) is 0.250. The van der Waals surface area contributed by atoms with Crippen molar-refractivity contribution in [2.75, 3.05) is 7.11 Å². The molecule has 0 fully saturated rings. The summed E-state index contributed by atoms with van der Waals surface area (Å²) in [6.45, 7) is 4.15. The summed E-state index contributed by atoms with van der Waals surface area (Å²) in [7, 11) is 1.42. The summed E-state index contributed by atoms with van der Waals surface area (Å²) in [4.78, 5) is 11.5. The van der Waals surface area contributed by atoms with Crippen LogP contribution in [0.4, 0.5) is 0 Å². The maximum Gasteiger partial charge on any atom is 0.339 e. The van der Waals surface area contributed by atoms with Gasteiger partial charge in [-0.2, -0.15) is 0 Å². The summed E-state index contributed by atoms with van der Waals surface area (Å²) in [5, 5.41) is 9.38. The normalized spacial score (nSPS) is 11.3. The molecule has 0 unspecified atom stereocenters. The van der Waals surface area contributed by atoms with E-state index in [1.54, 1.807) is 12.1 Å². The molecule has 0 aromatic heterocycles. The Kier molecular flexibility index (Phi) is 6.46. The van der Waals surface area contributed by atoms with Gasteiger partial charge in [0.1, 0.15) is 23.7 Å². The van der Waals surface area contributed by atoms with Gasteiger partial charge in [-0.3, -0.25) is 0 Å². The van der Waals surface area contributed by atoms with E-state index in [2.05, 4.69) is 0 Å². The van der Waals surface area contributed by atoms with Crippen molar-refractivity contribution in [1.29, 1.82) is 0 Å². The highest BCUT2D eigenvalue weighted by molar-refractivity contribution is 6.15. The molecule has 0 aliphatic rings. The van der Waals surface area contributed by atoms with E-state index in [0.717, 1.165) is 11.3 Å². The van der Waals surface area contributed by atoms with Gasteiger partial charge in [0.15, 0.2) is 0 Å². The largest absolute Gasteiger partial charge is 0.503 e. The number of aliphatic carboxylic acids is 1. The first kappa shape index (κ1) is 18.4. The molecule has 0 radical (unpaired) electrons. The fourth-order valence-corrected chi connectivity index (χ4v) is 2.33. The molecule has 5 heteroatoms. The van der Waals surface area contributed by atoms with Gasteiger partial charge < -0.3 is 19.3 Å². The van der Waals surface area contributed by atoms with Crippen LogP contribution in [-0.2, 0) is 16.1 Å². The molecule has 0 amide bonds. The van der Waals surface area contributed by atoms with E-state index in [4.69, 9.17) is 14.2 Å². The Bertz CT molecular complexity index is 749. The molecular formula is C20H22O5. The summed E-state index contributed by atoms with van der Waals surface area (Å²) in [5.41, 5.74) is 1.40. The van der Waals surface area contributed by atoms with E-state index in [1.165, 1.54) is 13.4 Å². The lowest BCUT2D eigenvalue weighted by molar-refractivity contribution is -0.130. The number of carboxylic acid groups (broad SMARTS) is 1. The molecule has 0 atom stereocenters. The molecule has 5 nitrogen and oxygen atoms in total. The highest BCUT2D eigenvalue weighted by Crippen LogP contribution is 2.24. The van der Waals surface area contributed by atoms with Crippen molar-refractivity contribution in [1.82, 2.24) is 0 Å². The molecule has 0 spiro atoms. The van der Waals surface area contributed by atoms with Crippen molar-refractivity contribution >= 4 is 11.5 Å². The predicted molar refractivity (Wildman–Crippen MR) is 95.6 cm³/mol. The number of carbonyl (C=O) groups is 1. The second kappa shape index (κ2) is 8.78. The number of hydrogen-bond acceptors (Lipinski definition) is 4. The first-order valence-electron chi connectivity index (χ1n) is 7.95. The first-order valence-corrected chi connectivity index (χ1v) is 7.95. The summed E-state index contributed by atoms with van der Waals surface area (Å²) in [6.07, 6.45) is 1.30. The van der Waals surface area contributed by atoms with Crippen LogP contribution < -0.4 is 9.47 Å². The SMILES string of the molecule is CO/C=C(/C(=O)O)c1ccccc1COc1cccc(OC(C)C)c1. The fourth-order valence-electron chi connectivity index (χ4n) is 2.33. The Labute approximate surface area is 147 Å². The third-order valence-corrected chi connectivity index (χ3v) is 3.35. The lowest BCUT2D eigenvalue weighted by Crippen LogP contribution is -2.07. The smallest absolute Gasteiger partial charge is 0.339 e. The topological polar surface area (TPSA) is 65.0 Å². The highest BCUT2D eigenvalue weighted by atomic mass is 16.5. The molecule has 0 bridgehead atoms. The standard InChI is InChI=1S/C20H22O5/c1-14(2)25-17-9-6-8-16(11-17)24-12-15-7-4-5-10-18(15)19(13-23-3)20(21)22/h4-11,13-14H,12H2,1-3H3,(H,21,22)/b19-13+. The Balaban J connectivity index is 2.19. The monoisotopic (exact) mass is 342 g/mol. The zero-order valence-electron chi connectivity index (χ0n) is 14.6. The summed E-state index contributed by atoms with van der Waals surface area (Å²) in [5.74, 6) is 0.327. The number of hydrogen-bond donors (Lipinski definition) is 1. The Morgan fingerprint density at radius 1 is 1.12 bits per heavy atom. The maximum atomic E-state index is 11.5. The summed E-state index contributed by atoms with van der Waals surface area (Å²) >= 11 is 0. The molecule has 0 saturated heterocycles. The number of carboxylic acids is 1. The van der Waals surface area contributed by atoms with E-state index >= 15 is 0 Å². The number of rotatable bonds is 8. The van der Waals surface area contributed by atoms with E-state index in [0.29, 0.717) is 11.3 Å². The van der Waals surface area contributed by atoms with Crippen LogP contribution in [0, 0.1) is 0 Å². The average molecular weight is 342 g/mol. The zero-order valence-corrected chi connectivity index (χ0v) is 14.6. The molecular weight excluding hydrogens is 320 g/mol. The van der Waals surface area contributed by atoms with Crippen LogP contribution >= 0.6 is 0 Å². The van der Waals surface area contributed by atoms with Gasteiger partial charge in [0, 0.05) is 6.07 Å². The second-order valence-electron chi connectivity index (χ2n) is 5.66. The van der Waals surface area contributed by atoms with Crippen molar-refractivity contribution in [3.63, 3.8) is 0 Å². The molecule has 25 heavy (non-hydrogen) atoms. The third-order valence-electron chi connectivity index (χ3n) is 3.35. The van der Waals surface area contributed by atoms with Gasteiger partial charge in [0.25, 0.3) is 0 Å². The van der Waals surface area contributed by atoms with Gasteiger partial charge in [0.2, 0.25) is 0 Å². The maximum absolute atomic E-state index is 11.5. The van der Waals surface area contributed by atoms with E-state index in [-0.39, 0.29) is 18.3 Å². The quantitative estimate of drug-likeness (QED) is 0.577. The Hall–Kier alpha value is -2.95. The van der Waals surface area contributed by atoms with Crippen LogP contribution in [0.1, 0.15) is 25.0 Å².